The molecule has 0 spiro atoms. The molecule has 19 heavy (non-hydrogen) atoms. The highest BCUT2D eigenvalue weighted by atomic mass is 16.5. The van der Waals surface area contributed by atoms with Crippen molar-refractivity contribution in [3.63, 3.8) is 0 Å². The summed E-state index contributed by atoms with van der Waals surface area (Å²) in [5, 5.41) is 3.31. The zero-order valence-corrected chi connectivity index (χ0v) is 12.7. The molecule has 0 amide bonds. The second-order valence-corrected chi connectivity index (χ2v) is 4.92. The first-order valence-electron chi connectivity index (χ1n) is 7.03. The summed E-state index contributed by atoms with van der Waals surface area (Å²) < 4.78 is 5.56. The molecule has 0 radical (unpaired) electrons. The van der Waals surface area contributed by atoms with Crippen molar-refractivity contribution < 1.29 is 4.74 Å². The molecule has 1 N–H and O–H groups in total. The molecule has 1 rings (SSSR count). The lowest BCUT2D eigenvalue weighted by atomic mass is 10.3. The van der Waals surface area contributed by atoms with Crippen LogP contribution in [0.25, 0.3) is 0 Å². The minimum absolute atomic E-state index is 0.121. The molecule has 5 heteroatoms. The largest absolute Gasteiger partial charge is 0.475 e. The van der Waals surface area contributed by atoms with Crippen molar-refractivity contribution in [3.8, 4) is 5.88 Å². The predicted molar refractivity (Wildman–Crippen MR) is 78.7 cm³/mol. The van der Waals surface area contributed by atoms with Gasteiger partial charge in [-0.3, -0.25) is 0 Å². The highest BCUT2D eigenvalue weighted by molar-refractivity contribution is 5.28. The zero-order valence-electron chi connectivity index (χ0n) is 12.7. The van der Waals surface area contributed by atoms with E-state index in [1.165, 1.54) is 0 Å². The van der Waals surface area contributed by atoms with Crippen molar-refractivity contribution in [1.29, 1.82) is 0 Å². The van der Waals surface area contributed by atoms with Gasteiger partial charge in [0.25, 0.3) is 0 Å². The number of ether oxygens (including phenoxy) is 1. The Bertz CT molecular complexity index is 366. The molecule has 108 valence electrons. The minimum Gasteiger partial charge on any atom is -0.475 e. The van der Waals surface area contributed by atoms with Crippen LogP contribution in [0.15, 0.2) is 12.3 Å². The summed E-state index contributed by atoms with van der Waals surface area (Å²) in [6, 6.07) is 2.08. The highest BCUT2D eigenvalue weighted by Crippen LogP contribution is 2.11. The van der Waals surface area contributed by atoms with Crippen LogP contribution in [0.5, 0.6) is 5.88 Å². The Kier molecular flexibility index (Phi) is 6.56. The summed E-state index contributed by atoms with van der Waals surface area (Å²) in [7, 11) is 0. The van der Waals surface area contributed by atoms with E-state index in [9.17, 15) is 0 Å². The molecule has 1 aromatic rings. The van der Waals surface area contributed by atoms with Crippen LogP contribution < -0.4 is 10.1 Å². The Morgan fingerprint density at radius 3 is 2.53 bits per heavy atom. The van der Waals surface area contributed by atoms with Gasteiger partial charge >= 0.3 is 0 Å². The molecular weight excluding hydrogens is 240 g/mol. The molecule has 1 atom stereocenters. The van der Waals surface area contributed by atoms with Gasteiger partial charge in [-0.25, -0.2) is 4.98 Å². The Hall–Kier alpha value is -1.36. The SMILES string of the molecule is CCN(CC)CC(C)Nc1nccc(OC(C)C)n1. The Morgan fingerprint density at radius 2 is 1.95 bits per heavy atom. The van der Waals surface area contributed by atoms with Gasteiger partial charge in [0, 0.05) is 24.8 Å². The second kappa shape index (κ2) is 7.94. The maximum atomic E-state index is 5.56. The average molecular weight is 266 g/mol. The minimum atomic E-state index is 0.121. The molecule has 0 aliphatic rings. The number of anilines is 1. The molecule has 0 aromatic carbocycles. The second-order valence-electron chi connectivity index (χ2n) is 4.92. The van der Waals surface area contributed by atoms with Crippen LogP contribution in [-0.2, 0) is 0 Å². The van der Waals surface area contributed by atoms with Gasteiger partial charge in [0.05, 0.1) is 6.10 Å². The van der Waals surface area contributed by atoms with Crippen molar-refractivity contribution in [2.45, 2.75) is 46.8 Å². The van der Waals surface area contributed by atoms with Crippen LogP contribution in [0, 0.1) is 0 Å². The number of rotatable bonds is 8. The molecule has 0 aliphatic heterocycles. The summed E-state index contributed by atoms with van der Waals surface area (Å²) in [6.07, 6.45) is 1.84. The first-order chi connectivity index (χ1) is 9.05. The summed E-state index contributed by atoms with van der Waals surface area (Å²) in [5.41, 5.74) is 0. The lowest BCUT2D eigenvalue weighted by Gasteiger charge is -2.23. The Morgan fingerprint density at radius 1 is 1.26 bits per heavy atom. The zero-order chi connectivity index (χ0) is 14.3. The van der Waals surface area contributed by atoms with E-state index in [1.54, 1.807) is 12.3 Å². The molecule has 1 aromatic heterocycles. The fraction of sp³-hybridized carbons (Fsp3) is 0.714. The van der Waals surface area contributed by atoms with Crippen molar-refractivity contribution in [1.82, 2.24) is 14.9 Å². The van der Waals surface area contributed by atoms with Crippen molar-refractivity contribution in [2.24, 2.45) is 0 Å². The van der Waals surface area contributed by atoms with Crippen LogP contribution >= 0.6 is 0 Å². The molecular formula is C14H26N4O. The first-order valence-corrected chi connectivity index (χ1v) is 7.03. The smallest absolute Gasteiger partial charge is 0.226 e. The summed E-state index contributed by atoms with van der Waals surface area (Å²) >= 11 is 0. The summed E-state index contributed by atoms with van der Waals surface area (Å²) in [6.45, 7) is 13.5. The average Bonchev–Trinajstić information content (AvgIpc) is 2.35. The number of hydrogen-bond acceptors (Lipinski definition) is 5. The van der Waals surface area contributed by atoms with Crippen molar-refractivity contribution in [3.05, 3.63) is 12.3 Å². The fourth-order valence-corrected chi connectivity index (χ4v) is 1.85. The van der Waals surface area contributed by atoms with E-state index >= 15 is 0 Å². The Balaban J connectivity index is 2.56. The van der Waals surface area contributed by atoms with Crippen LogP contribution in [0.3, 0.4) is 0 Å². The van der Waals surface area contributed by atoms with Gasteiger partial charge in [-0.2, -0.15) is 4.98 Å². The maximum Gasteiger partial charge on any atom is 0.226 e. The van der Waals surface area contributed by atoms with E-state index in [0.29, 0.717) is 17.9 Å². The molecule has 0 saturated heterocycles. The molecule has 0 fully saturated rings. The molecule has 5 nitrogen and oxygen atoms in total. The lowest BCUT2D eigenvalue weighted by Crippen LogP contribution is -2.35. The van der Waals surface area contributed by atoms with Crippen LogP contribution in [0.4, 0.5) is 5.95 Å². The van der Waals surface area contributed by atoms with Gasteiger partial charge in [0.15, 0.2) is 0 Å². The standard InChI is InChI=1S/C14H26N4O/c1-6-18(7-2)10-12(5)16-14-15-9-8-13(17-14)19-11(3)4/h8-9,11-12H,6-7,10H2,1-5H3,(H,15,16,17). The monoisotopic (exact) mass is 266 g/mol. The van der Waals surface area contributed by atoms with E-state index in [1.807, 2.05) is 13.8 Å². The van der Waals surface area contributed by atoms with E-state index in [2.05, 4.69) is 41.0 Å². The molecule has 1 unspecified atom stereocenters. The maximum absolute atomic E-state index is 5.56. The van der Waals surface area contributed by atoms with E-state index in [0.717, 1.165) is 19.6 Å². The summed E-state index contributed by atoms with van der Waals surface area (Å²) in [4.78, 5) is 10.9. The number of hydrogen-bond donors (Lipinski definition) is 1. The van der Waals surface area contributed by atoms with Crippen LogP contribution in [0.1, 0.15) is 34.6 Å². The highest BCUT2D eigenvalue weighted by Gasteiger charge is 2.09. The molecule has 0 bridgehead atoms. The van der Waals surface area contributed by atoms with Gasteiger partial charge in [0.2, 0.25) is 11.8 Å². The van der Waals surface area contributed by atoms with Gasteiger partial charge in [-0.15, -0.1) is 0 Å². The topological polar surface area (TPSA) is 50.3 Å². The lowest BCUT2D eigenvalue weighted by molar-refractivity contribution is 0.232. The number of nitrogens with zero attached hydrogens (tertiary/aromatic N) is 3. The van der Waals surface area contributed by atoms with Gasteiger partial charge in [-0.05, 0) is 33.9 Å². The van der Waals surface area contributed by atoms with Gasteiger partial charge in [0.1, 0.15) is 0 Å². The fourth-order valence-electron chi connectivity index (χ4n) is 1.85. The van der Waals surface area contributed by atoms with E-state index < -0.39 is 0 Å². The van der Waals surface area contributed by atoms with Gasteiger partial charge in [-0.1, -0.05) is 13.8 Å². The third kappa shape index (κ3) is 5.87. The van der Waals surface area contributed by atoms with E-state index in [4.69, 9.17) is 4.74 Å². The van der Waals surface area contributed by atoms with Crippen molar-refractivity contribution >= 4 is 5.95 Å². The van der Waals surface area contributed by atoms with Crippen LogP contribution in [-0.4, -0.2) is 46.6 Å². The Labute approximate surface area is 116 Å². The number of aromatic nitrogens is 2. The predicted octanol–water partition coefficient (Wildman–Crippen LogP) is 2.41. The first kappa shape index (κ1) is 15.7. The third-order valence-corrected chi connectivity index (χ3v) is 2.79. The number of nitrogens with one attached hydrogen (secondary N) is 1. The quantitative estimate of drug-likeness (QED) is 0.783. The number of likely N-dealkylation sites (N-methyl/N-ethyl adjacent to an activating group) is 1. The molecule has 0 saturated carbocycles. The van der Waals surface area contributed by atoms with Crippen molar-refractivity contribution in [2.75, 3.05) is 25.0 Å². The van der Waals surface area contributed by atoms with Crippen LogP contribution in [0.2, 0.25) is 0 Å². The molecule has 1 heterocycles. The molecule has 0 aliphatic carbocycles. The third-order valence-electron chi connectivity index (χ3n) is 2.79. The van der Waals surface area contributed by atoms with E-state index in [-0.39, 0.29) is 6.10 Å². The normalized spacial score (nSPS) is 12.8. The summed E-state index contributed by atoms with van der Waals surface area (Å²) in [5.74, 6) is 1.24. The van der Waals surface area contributed by atoms with Gasteiger partial charge < -0.3 is 15.0 Å².